The minimum Gasteiger partial charge on any atom is -0.328 e. The van der Waals surface area contributed by atoms with Gasteiger partial charge in [-0.1, -0.05) is 17.7 Å². The number of hydrogen-bond acceptors (Lipinski definition) is 1. The second kappa shape index (κ2) is 7.75. The predicted octanol–water partition coefficient (Wildman–Crippen LogP) is -0.256. The molecule has 22 heavy (non-hydrogen) atoms. The van der Waals surface area contributed by atoms with Crippen LogP contribution in [-0.2, 0) is 4.79 Å². The van der Waals surface area contributed by atoms with Gasteiger partial charge in [-0.05, 0) is 31.9 Å². The zero-order chi connectivity index (χ0) is 16.1. The van der Waals surface area contributed by atoms with Crippen LogP contribution >= 0.6 is 0 Å². The van der Waals surface area contributed by atoms with Crippen molar-refractivity contribution in [1.29, 1.82) is 0 Å². The van der Waals surface area contributed by atoms with Gasteiger partial charge >= 0.3 is 0 Å². The van der Waals surface area contributed by atoms with E-state index in [0.717, 1.165) is 29.8 Å². The van der Waals surface area contributed by atoms with Gasteiger partial charge in [-0.15, -0.1) is 0 Å². The Morgan fingerprint density at radius 3 is 2.27 bits per heavy atom. The third kappa shape index (κ3) is 4.82. The summed E-state index contributed by atoms with van der Waals surface area (Å²) in [6.07, 6.45) is 1.60. The predicted molar refractivity (Wildman–Crippen MR) is 90.7 cm³/mol. The summed E-state index contributed by atoms with van der Waals surface area (Å²) in [6.45, 7) is 12.3. The van der Waals surface area contributed by atoms with Crippen molar-refractivity contribution in [3.05, 3.63) is 28.8 Å². The van der Waals surface area contributed by atoms with Crippen molar-refractivity contribution in [2.24, 2.45) is 0 Å². The molecule has 1 saturated heterocycles. The Morgan fingerprint density at radius 2 is 1.68 bits per heavy atom. The van der Waals surface area contributed by atoms with Crippen LogP contribution in [0.5, 0.6) is 0 Å². The van der Waals surface area contributed by atoms with Gasteiger partial charge in [-0.25, -0.2) is 0 Å². The zero-order valence-corrected chi connectivity index (χ0v) is 14.5. The molecule has 1 heterocycles. The molecule has 1 aromatic rings. The van der Waals surface area contributed by atoms with Crippen molar-refractivity contribution in [3.8, 4) is 0 Å². The highest BCUT2D eigenvalue weighted by Gasteiger charge is 2.19. The number of quaternary nitrogens is 2. The lowest BCUT2D eigenvalue weighted by Crippen LogP contribution is -3.27. The van der Waals surface area contributed by atoms with E-state index in [9.17, 15) is 4.79 Å². The van der Waals surface area contributed by atoms with Crippen LogP contribution in [0.4, 0.5) is 5.69 Å². The molecule has 1 amide bonds. The fraction of sp³-hybridized carbons (Fsp3) is 0.611. The molecular formula is C18H31N3O+2. The molecule has 0 atom stereocenters. The van der Waals surface area contributed by atoms with Crippen LogP contribution in [0.1, 0.15) is 29.5 Å². The van der Waals surface area contributed by atoms with Crippen LogP contribution in [0.25, 0.3) is 0 Å². The second-order valence-corrected chi connectivity index (χ2v) is 6.88. The molecule has 1 aliphatic rings. The van der Waals surface area contributed by atoms with Crippen LogP contribution in [0, 0.1) is 20.8 Å². The topological polar surface area (TPSA) is 38.0 Å². The van der Waals surface area contributed by atoms with E-state index in [1.54, 1.807) is 9.80 Å². The van der Waals surface area contributed by atoms with Crippen molar-refractivity contribution in [3.63, 3.8) is 0 Å². The van der Waals surface area contributed by atoms with Gasteiger partial charge < -0.3 is 15.1 Å². The lowest BCUT2D eigenvalue weighted by Gasteiger charge is -2.27. The number of piperazine rings is 1. The Labute approximate surface area is 134 Å². The van der Waals surface area contributed by atoms with Gasteiger partial charge in [-0.2, -0.15) is 0 Å². The van der Waals surface area contributed by atoms with Gasteiger partial charge in [0.25, 0.3) is 0 Å². The van der Waals surface area contributed by atoms with Gasteiger partial charge in [0.15, 0.2) is 0 Å². The van der Waals surface area contributed by atoms with Crippen molar-refractivity contribution < 1.29 is 14.6 Å². The number of carbonyl (C=O) groups is 1. The standard InChI is InChI=1S/C18H29N3O/c1-14-12-15(2)18(16(3)13-14)19-17(22)6-5-7-21-10-8-20(4)9-11-21/h12-13H,5-11H2,1-4H3,(H,19,22)/p+2. The molecule has 0 radical (unpaired) electrons. The number of anilines is 1. The highest BCUT2D eigenvalue weighted by Crippen LogP contribution is 2.22. The molecule has 0 saturated carbocycles. The van der Waals surface area contributed by atoms with E-state index in [2.05, 4.69) is 45.3 Å². The molecule has 0 spiro atoms. The van der Waals surface area contributed by atoms with E-state index in [1.165, 1.54) is 31.7 Å². The lowest BCUT2D eigenvalue weighted by atomic mass is 10.0. The van der Waals surface area contributed by atoms with Crippen molar-refractivity contribution in [2.45, 2.75) is 33.6 Å². The summed E-state index contributed by atoms with van der Waals surface area (Å²) in [5, 5.41) is 3.10. The molecule has 0 unspecified atom stereocenters. The van der Waals surface area contributed by atoms with E-state index in [0.29, 0.717) is 6.42 Å². The first-order chi connectivity index (χ1) is 10.5. The van der Waals surface area contributed by atoms with E-state index in [1.807, 2.05) is 0 Å². The number of rotatable bonds is 5. The number of carbonyl (C=O) groups excluding carboxylic acids is 1. The highest BCUT2D eigenvalue weighted by atomic mass is 16.1. The molecule has 3 N–H and O–H groups in total. The lowest BCUT2D eigenvalue weighted by molar-refractivity contribution is -1.00. The molecule has 1 aromatic carbocycles. The van der Waals surface area contributed by atoms with Crippen LogP contribution in [-0.4, -0.2) is 45.7 Å². The van der Waals surface area contributed by atoms with Crippen molar-refractivity contribution in [1.82, 2.24) is 0 Å². The molecule has 4 heteroatoms. The maximum atomic E-state index is 12.2. The summed E-state index contributed by atoms with van der Waals surface area (Å²) < 4.78 is 0. The summed E-state index contributed by atoms with van der Waals surface area (Å²) >= 11 is 0. The van der Waals surface area contributed by atoms with Gasteiger partial charge in [-0.3, -0.25) is 4.79 Å². The Morgan fingerprint density at radius 1 is 1.09 bits per heavy atom. The van der Waals surface area contributed by atoms with E-state index < -0.39 is 0 Å². The average molecular weight is 305 g/mol. The monoisotopic (exact) mass is 305 g/mol. The molecule has 122 valence electrons. The SMILES string of the molecule is Cc1cc(C)c(NC(=O)CCC[NH+]2CC[NH+](C)CC2)c(C)c1. The summed E-state index contributed by atoms with van der Waals surface area (Å²) in [7, 11) is 2.26. The Bertz CT molecular complexity index is 496. The number of hydrogen-bond donors (Lipinski definition) is 3. The smallest absolute Gasteiger partial charge is 0.224 e. The largest absolute Gasteiger partial charge is 0.328 e. The molecule has 1 aliphatic heterocycles. The fourth-order valence-electron chi connectivity index (χ4n) is 3.36. The molecule has 0 aromatic heterocycles. The quantitative estimate of drug-likeness (QED) is 0.689. The second-order valence-electron chi connectivity index (χ2n) is 6.88. The Hall–Kier alpha value is -1.39. The summed E-state index contributed by atoms with van der Waals surface area (Å²) in [4.78, 5) is 15.5. The minimum absolute atomic E-state index is 0.147. The number of likely N-dealkylation sites (N-methyl/N-ethyl adjacent to an activating group) is 1. The number of benzene rings is 1. The number of nitrogens with one attached hydrogen (secondary N) is 3. The Kier molecular flexibility index (Phi) is 5.98. The third-order valence-electron chi connectivity index (χ3n) is 4.69. The first kappa shape index (κ1) is 17.0. The summed E-state index contributed by atoms with van der Waals surface area (Å²) in [6, 6.07) is 4.25. The van der Waals surface area contributed by atoms with E-state index >= 15 is 0 Å². The van der Waals surface area contributed by atoms with Crippen molar-refractivity contribution >= 4 is 11.6 Å². The van der Waals surface area contributed by atoms with Crippen LogP contribution in [0.15, 0.2) is 12.1 Å². The first-order valence-electron chi connectivity index (χ1n) is 8.48. The van der Waals surface area contributed by atoms with Gasteiger partial charge in [0.1, 0.15) is 26.2 Å². The third-order valence-corrected chi connectivity index (χ3v) is 4.69. The van der Waals surface area contributed by atoms with Crippen LogP contribution in [0.2, 0.25) is 0 Å². The summed E-state index contributed by atoms with van der Waals surface area (Å²) in [5.74, 6) is 0.147. The van der Waals surface area contributed by atoms with E-state index in [4.69, 9.17) is 0 Å². The molecule has 4 nitrogen and oxygen atoms in total. The van der Waals surface area contributed by atoms with E-state index in [-0.39, 0.29) is 5.91 Å². The normalized spacial score (nSPS) is 21.6. The van der Waals surface area contributed by atoms with Crippen molar-refractivity contribution in [2.75, 3.05) is 45.1 Å². The number of amides is 1. The van der Waals surface area contributed by atoms with Crippen LogP contribution in [0.3, 0.4) is 0 Å². The van der Waals surface area contributed by atoms with Gasteiger partial charge in [0.2, 0.25) is 5.91 Å². The molecular weight excluding hydrogens is 274 g/mol. The fourth-order valence-corrected chi connectivity index (χ4v) is 3.36. The molecule has 2 rings (SSSR count). The minimum atomic E-state index is 0.147. The zero-order valence-electron chi connectivity index (χ0n) is 14.5. The van der Waals surface area contributed by atoms with Crippen LogP contribution < -0.4 is 15.1 Å². The molecule has 0 aliphatic carbocycles. The van der Waals surface area contributed by atoms with Gasteiger partial charge in [0, 0.05) is 18.5 Å². The maximum absolute atomic E-state index is 12.2. The molecule has 1 fully saturated rings. The first-order valence-corrected chi connectivity index (χ1v) is 8.48. The maximum Gasteiger partial charge on any atom is 0.224 e. The molecule has 0 bridgehead atoms. The highest BCUT2D eigenvalue weighted by molar-refractivity contribution is 5.92. The van der Waals surface area contributed by atoms with Gasteiger partial charge in [0.05, 0.1) is 13.6 Å². The average Bonchev–Trinajstić information content (AvgIpc) is 2.45. The summed E-state index contributed by atoms with van der Waals surface area (Å²) in [5.41, 5.74) is 4.54. The number of aryl methyl sites for hydroxylation is 3. The Balaban J connectivity index is 1.76.